The van der Waals surface area contributed by atoms with Crippen molar-refractivity contribution in [1.82, 2.24) is 0 Å². The molecule has 0 aromatic heterocycles. The van der Waals surface area contributed by atoms with Gasteiger partial charge in [0.05, 0.1) is 11.1 Å². The highest BCUT2D eigenvalue weighted by Gasteiger charge is 2.41. The van der Waals surface area contributed by atoms with E-state index in [9.17, 15) is 0 Å². The number of hydrogen-bond donors (Lipinski definition) is 0. The van der Waals surface area contributed by atoms with Crippen LogP contribution in [0.3, 0.4) is 0 Å². The van der Waals surface area contributed by atoms with E-state index < -0.39 is 12.6 Å². The average molecular weight is 487 g/mol. The Hall–Kier alpha value is -1.52. The zero-order valence-electron chi connectivity index (χ0n) is 19.9. The molecule has 2 aliphatic rings. The number of fused-ring (bicyclic) bond motifs is 6. The highest BCUT2D eigenvalue weighted by molar-refractivity contribution is 9.09. The van der Waals surface area contributed by atoms with Crippen LogP contribution in [0.25, 0.3) is 0 Å². The van der Waals surface area contributed by atoms with Crippen molar-refractivity contribution in [3.8, 4) is 11.5 Å². The number of hydrogen-bond acceptors (Lipinski definition) is 3. The smallest absolute Gasteiger partial charge is 0.233 e. The van der Waals surface area contributed by atoms with Crippen molar-refractivity contribution in [2.45, 2.75) is 91.1 Å². The lowest BCUT2D eigenvalue weighted by molar-refractivity contribution is -0.228. The first kappa shape index (κ1) is 22.7. The summed E-state index contributed by atoms with van der Waals surface area (Å²) in [7, 11) is 0. The molecule has 2 aromatic rings. The Morgan fingerprint density at radius 2 is 1.26 bits per heavy atom. The largest absolute Gasteiger partial charge is 0.459 e. The summed E-state index contributed by atoms with van der Waals surface area (Å²) >= 11 is 3.58. The average Bonchev–Trinajstić information content (AvgIpc) is 2.70. The topological polar surface area (TPSA) is 27.7 Å². The lowest BCUT2D eigenvalue weighted by atomic mass is 9.83. The standard InChI is InChI=1S/C27H35BrO3/c1-8-16-12-18(26(2,3)4)14-20-22(16)29-25-21-15-19(27(5,6)7)13-17(10-9-11-28)23(21)30-24(20)31-25/h12-15,24-25H,8-11H2,1-7H3. The third kappa shape index (κ3) is 4.26. The quantitative estimate of drug-likeness (QED) is 0.414. The number of aryl methyl sites for hydroxylation is 2. The normalized spacial score (nSPS) is 19.9. The van der Waals surface area contributed by atoms with Gasteiger partial charge in [0.15, 0.2) is 0 Å². The molecule has 0 fully saturated rings. The van der Waals surface area contributed by atoms with Gasteiger partial charge in [0.25, 0.3) is 0 Å². The maximum Gasteiger partial charge on any atom is 0.233 e. The first-order valence-corrected chi connectivity index (χ1v) is 12.5. The Bertz CT molecular complexity index is 981. The summed E-state index contributed by atoms with van der Waals surface area (Å²) in [4.78, 5) is 0. The van der Waals surface area contributed by atoms with Gasteiger partial charge in [-0.2, -0.15) is 0 Å². The maximum atomic E-state index is 6.57. The zero-order valence-corrected chi connectivity index (χ0v) is 21.5. The summed E-state index contributed by atoms with van der Waals surface area (Å²) < 4.78 is 19.4. The molecule has 4 rings (SSSR count). The van der Waals surface area contributed by atoms with Gasteiger partial charge in [0.1, 0.15) is 11.5 Å². The van der Waals surface area contributed by atoms with Crippen LogP contribution in [-0.2, 0) is 28.4 Å². The van der Waals surface area contributed by atoms with Gasteiger partial charge in [-0.1, -0.05) is 76.5 Å². The minimum atomic E-state index is -0.433. The molecule has 0 spiro atoms. The van der Waals surface area contributed by atoms with Gasteiger partial charge in [0.2, 0.25) is 12.6 Å². The molecule has 0 saturated carbocycles. The third-order valence-corrected chi connectivity index (χ3v) is 6.85. The first-order valence-electron chi connectivity index (χ1n) is 11.4. The van der Waals surface area contributed by atoms with Crippen molar-refractivity contribution in [3.63, 3.8) is 0 Å². The van der Waals surface area contributed by atoms with Crippen LogP contribution in [0.5, 0.6) is 11.5 Å². The van der Waals surface area contributed by atoms with Crippen LogP contribution in [0.2, 0.25) is 0 Å². The molecule has 0 aliphatic carbocycles. The fraction of sp³-hybridized carbons (Fsp3) is 0.556. The van der Waals surface area contributed by atoms with Crippen LogP contribution in [0.4, 0.5) is 0 Å². The van der Waals surface area contributed by atoms with Crippen LogP contribution in [0.15, 0.2) is 24.3 Å². The molecule has 2 heterocycles. The van der Waals surface area contributed by atoms with E-state index in [1.165, 1.54) is 22.3 Å². The molecule has 168 valence electrons. The van der Waals surface area contributed by atoms with Crippen molar-refractivity contribution >= 4 is 15.9 Å². The molecule has 4 heteroatoms. The van der Waals surface area contributed by atoms with Gasteiger partial charge < -0.3 is 9.47 Å². The lowest BCUT2D eigenvalue weighted by Crippen LogP contribution is -2.32. The van der Waals surface area contributed by atoms with Crippen molar-refractivity contribution in [2.75, 3.05) is 5.33 Å². The van der Waals surface area contributed by atoms with Crippen LogP contribution >= 0.6 is 15.9 Å². The zero-order chi connectivity index (χ0) is 22.6. The third-order valence-electron chi connectivity index (χ3n) is 6.29. The Kier molecular flexibility index (Phi) is 5.93. The van der Waals surface area contributed by atoms with E-state index in [1.807, 2.05) is 0 Å². The van der Waals surface area contributed by atoms with E-state index >= 15 is 0 Å². The number of rotatable bonds is 4. The van der Waals surface area contributed by atoms with Crippen LogP contribution in [-0.4, -0.2) is 5.33 Å². The van der Waals surface area contributed by atoms with Gasteiger partial charge >= 0.3 is 0 Å². The first-order chi connectivity index (χ1) is 14.5. The minimum absolute atomic E-state index is 0.0395. The van der Waals surface area contributed by atoms with E-state index in [0.717, 1.165) is 47.2 Å². The monoisotopic (exact) mass is 486 g/mol. The second kappa shape index (κ2) is 8.12. The molecule has 2 bridgehead atoms. The fourth-order valence-electron chi connectivity index (χ4n) is 4.29. The number of halogens is 1. The Morgan fingerprint density at radius 3 is 1.71 bits per heavy atom. The van der Waals surface area contributed by atoms with Gasteiger partial charge in [-0.3, -0.25) is 4.74 Å². The van der Waals surface area contributed by atoms with E-state index in [1.54, 1.807) is 0 Å². The molecule has 2 atom stereocenters. The molecular weight excluding hydrogens is 452 g/mol. The van der Waals surface area contributed by atoms with Crippen molar-refractivity contribution in [1.29, 1.82) is 0 Å². The molecule has 0 amide bonds. The summed E-state index contributed by atoms with van der Waals surface area (Å²) in [6.07, 6.45) is 2.07. The summed E-state index contributed by atoms with van der Waals surface area (Å²) in [5.41, 5.74) is 7.15. The number of alkyl halides is 1. The van der Waals surface area contributed by atoms with Crippen molar-refractivity contribution in [2.24, 2.45) is 0 Å². The molecule has 3 nitrogen and oxygen atoms in total. The van der Waals surface area contributed by atoms with E-state index in [0.29, 0.717) is 0 Å². The fourth-order valence-corrected chi connectivity index (χ4v) is 4.57. The second-order valence-corrected chi connectivity index (χ2v) is 11.6. The second-order valence-electron chi connectivity index (χ2n) is 10.8. The molecule has 2 aromatic carbocycles. The summed E-state index contributed by atoms with van der Waals surface area (Å²) in [5.74, 6) is 1.88. The molecular formula is C27H35BrO3. The Morgan fingerprint density at radius 1 is 0.774 bits per heavy atom. The molecule has 0 saturated heterocycles. The predicted octanol–water partition coefficient (Wildman–Crippen LogP) is 7.67. The van der Waals surface area contributed by atoms with E-state index in [-0.39, 0.29) is 10.8 Å². The van der Waals surface area contributed by atoms with Crippen LogP contribution in [0.1, 0.15) is 101 Å². The lowest BCUT2D eigenvalue weighted by Gasteiger charge is -2.40. The van der Waals surface area contributed by atoms with Gasteiger partial charge in [0, 0.05) is 5.33 Å². The van der Waals surface area contributed by atoms with E-state index in [2.05, 4.69) is 88.7 Å². The van der Waals surface area contributed by atoms with Gasteiger partial charge in [-0.15, -0.1) is 0 Å². The van der Waals surface area contributed by atoms with Crippen molar-refractivity contribution in [3.05, 3.63) is 57.6 Å². The highest BCUT2D eigenvalue weighted by atomic mass is 79.9. The van der Waals surface area contributed by atoms with E-state index in [4.69, 9.17) is 14.2 Å². The predicted molar refractivity (Wildman–Crippen MR) is 130 cm³/mol. The minimum Gasteiger partial charge on any atom is -0.459 e. The summed E-state index contributed by atoms with van der Waals surface area (Å²) in [5, 5.41) is 0.971. The van der Waals surface area contributed by atoms with Crippen molar-refractivity contribution < 1.29 is 14.2 Å². The molecule has 2 aliphatic heterocycles. The van der Waals surface area contributed by atoms with Crippen LogP contribution in [0, 0.1) is 0 Å². The molecule has 0 N–H and O–H groups in total. The summed E-state index contributed by atoms with van der Waals surface area (Å²) in [6.45, 7) is 15.6. The molecule has 2 unspecified atom stereocenters. The Labute approximate surface area is 195 Å². The van der Waals surface area contributed by atoms with Crippen LogP contribution < -0.4 is 9.47 Å². The summed E-state index contributed by atoms with van der Waals surface area (Å²) in [6, 6.07) is 9.02. The molecule has 31 heavy (non-hydrogen) atoms. The molecule has 0 radical (unpaired) electrons. The number of ether oxygens (including phenoxy) is 3. The number of benzene rings is 2. The van der Waals surface area contributed by atoms with Gasteiger partial charge in [-0.05, 0) is 64.5 Å². The van der Waals surface area contributed by atoms with Gasteiger partial charge in [-0.25, -0.2) is 0 Å². The maximum absolute atomic E-state index is 6.57. The Balaban J connectivity index is 1.84. The SMILES string of the molecule is CCc1cc(C(C)(C)C)cc2c1OC1OC2Oc2c(CCCBr)cc(C(C)(C)C)cc21. The highest BCUT2D eigenvalue weighted by Crippen LogP contribution is 2.51.